The molecular weight excluding hydrogens is 303 g/mol. The van der Waals surface area contributed by atoms with Gasteiger partial charge < -0.3 is 15.4 Å². The first kappa shape index (κ1) is 17.7. The second kappa shape index (κ2) is 7.83. The highest BCUT2D eigenvalue weighted by molar-refractivity contribution is 5.37. The molecule has 0 spiro atoms. The van der Waals surface area contributed by atoms with E-state index in [0.717, 1.165) is 44.5 Å². The highest BCUT2D eigenvalue weighted by Crippen LogP contribution is 2.36. The molecule has 24 heavy (non-hydrogen) atoms. The van der Waals surface area contributed by atoms with Crippen LogP contribution in [0.4, 0.5) is 4.39 Å². The largest absolute Gasteiger partial charge is 0.491 e. The lowest BCUT2D eigenvalue weighted by Gasteiger charge is -2.40. The number of nitrogens with two attached hydrogens (primary N) is 1. The van der Waals surface area contributed by atoms with Crippen molar-refractivity contribution < 1.29 is 9.13 Å². The van der Waals surface area contributed by atoms with Crippen molar-refractivity contribution in [2.45, 2.75) is 76.5 Å². The standard InChI is InChI=1S/C20H31FN2O/c1-14(2)24-20-13-16(21)3-8-19(20)15-9-11-23(12-10-15)18-6-4-17(22)5-7-18/h3,8,13-15,17-18H,4-7,9-12,22H2,1-2H3. The molecule has 2 N–H and O–H groups in total. The van der Waals surface area contributed by atoms with Gasteiger partial charge in [0.25, 0.3) is 0 Å². The topological polar surface area (TPSA) is 38.5 Å². The van der Waals surface area contributed by atoms with Crippen molar-refractivity contribution in [1.29, 1.82) is 0 Å². The molecule has 134 valence electrons. The van der Waals surface area contributed by atoms with Crippen molar-refractivity contribution in [1.82, 2.24) is 4.90 Å². The SMILES string of the molecule is CC(C)Oc1cc(F)ccc1C1CCN(C2CCC(N)CC2)CC1. The van der Waals surface area contributed by atoms with E-state index in [1.807, 2.05) is 19.9 Å². The molecule has 2 aliphatic rings. The van der Waals surface area contributed by atoms with Crippen LogP contribution in [-0.2, 0) is 0 Å². The fourth-order valence-corrected chi connectivity index (χ4v) is 4.24. The number of likely N-dealkylation sites (tertiary alicyclic amines) is 1. The lowest BCUT2D eigenvalue weighted by Crippen LogP contribution is -2.44. The molecular formula is C20H31FN2O. The summed E-state index contributed by atoms with van der Waals surface area (Å²) >= 11 is 0. The first-order valence-electron chi connectivity index (χ1n) is 9.48. The van der Waals surface area contributed by atoms with E-state index in [1.54, 1.807) is 12.1 Å². The molecule has 0 aromatic heterocycles. The van der Waals surface area contributed by atoms with Gasteiger partial charge in [0.05, 0.1) is 6.10 Å². The molecule has 0 atom stereocenters. The van der Waals surface area contributed by atoms with Gasteiger partial charge in [-0.3, -0.25) is 0 Å². The maximum Gasteiger partial charge on any atom is 0.126 e. The smallest absolute Gasteiger partial charge is 0.126 e. The Hall–Kier alpha value is -1.13. The maximum atomic E-state index is 13.6. The van der Waals surface area contributed by atoms with Gasteiger partial charge in [-0.25, -0.2) is 4.39 Å². The molecule has 0 bridgehead atoms. The van der Waals surface area contributed by atoms with Gasteiger partial charge in [0.1, 0.15) is 11.6 Å². The second-order valence-electron chi connectivity index (χ2n) is 7.73. The molecule has 4 heteroatoms. The predicted molar refractivity (Wildman–Crippen MR) is 95.9 cm³/mol. The summed E-state index contributed by atoms with van der Waals surface area (Å²) < 4.78 is 19.5. The van der Waals surface area contributed by atoms with E-state index in [-0.39, 0.29) is 11.9 Å². The third kappa shape index (κ3) is 4.28. The fraction of sp³-hybridized carbons (Fsp3) is 0.700. The lowest BCUT2D eigenvalue weighted by atomic mass is 9.85. The third-order valence-corrected chi connectivity index (χ3v) is 5.57. The van der Waals surface area contributed by atoms with Crippen LogP contribution < -0.4 is 10.5 Å². The number of nitrogens with zero attached hydrogens (tertiary/aromatic N) is 1. The van der Waals surface area contributed by atoms with Crippen LogP contribution in [0.15, 0.2) is 18.2 Å². The van der Waals surface area contributed by atoms with Crippen molar-refractivity contribution in [3.05, 3.63) is 29.6 Å². The average Bonchev–Trinajstić information content (AvgIpc) is 2.55. The molecule has 1 aliphatic heterocycles. The Kier molecular flexibility index (Phi) is 5.77. The Morgan fingerprint density at radius 3 is 2.38 bits per heavy atom. The van der Waals surface area contributed by atoms with E-state index in [9.17, 15) is 4.39 Å². The monoisotopic (exact) mass is 334 g/mol. The highest BCUT2D eigenvalue weighted by atomic mass is 19.1. The molecule has 2 fully saturated rings. The molecule has 1 aromatic carbocycles. The van der Waals surface area contributed by atoms with Crippen LogP contribution in [0, 0.1) is 5.82 Å². The average molecular weight is 334 g/mol. The van der Waals surface area contributed by atoms with Crippen LogP contribution in [-0.4, -0.2) is 36.2 Å². The van der Waals surface area contributed by atoms with Crippen molar-refractivity contribution in [2.24, 2.45) is 5.73 Å². The van der Waals surface area contributed by atoms with Gasteiger partial charge in [0.2, 0.25) is 0 Å². The Balaban J connectivity index is 1.62. The summed E-state index contributed by atoms with van der Waals surface area (Å²) in [7, 11) is 0. The van der Waals surface area contributed by atoms with Gasteiger partial charge in [-0.2, -0.15) is 0 Å². The van der Waals surface area contributed by atoms with Gasteiger partial charge in [-0.05, 0) is 83.0 Å². The number of ether oxygens (including phenoxy) is 1. The molecule has 0 unspecified atom stereocenters. The minimum Gasteiger partial charge on any atom is -0.491 e. The van der Waals surface area contributed by atoms with E-state index in [0.29, 0.717) is 18.0 Å². The molecule has 1 aromatic rings. The van der Waals surface area contributed by atoms with Crippen molar-refractivity contribution in [3.63, 3.8) is 0 Å². The van der Waals surface area contributed by atoms with E-state index >= 15 is 0 Å². The van der Waals surface area contributed by atoms with Crippen molar-refractivity contribution >= 4 is 0 Å². The zero-order chi connectivity index (χ0) is 17.1. The molecule has 0 radical (unpaired) electrons. The number of piperidine rings is 1. The summed E-state index contributed by atoms with van der Waals surface area (Å²) in [6.45, 7) is 6.24. The normalized spacial score (nSPS) is 26.7. The molecule has 1 saturated heterocycles. The second-order valence-corrected chi connectivity index (χ2v) is 7.73. The zero-order valence-corrected chi connectivity index (χ0v) is 15.0. The number of rotatable bonds is 4. The summed E-state index contributed by atoms with van der Waals surface area (Å²) in [4.78, 5) is 2.65. The highest BCUT2D eigenvalue weighted by Gasteiger charge is 2.29. The minimum atomic E-state index is -0.217. The number of hydrogen-bond acceptors (Lipinski definition) is 3. The quantitative estimate of drug-likeness (QED) is 0.902. The van der Waals surface area contributed by atoms with Crippen LogP contribution in [0.2, 0.25) is 0 Å². The van der Waals surface area contributed by atoms with Crippen molar-refractivity contribution in [3.8, 4) is 5.75 Å². The zero-order valence-electron chi connectivity index (χ0n) is 15.0. The van der Waals surface area contributed by atoms with Crippen LogP contribution in [0.5, 0.6) is 5.75 Å². The Labute approximate surface area is 145 Å². The lowest BCUT2D eigenvalue weighted by molar-refractivity contribution is 0.116. The minimum absolute atomic E-state index is 0.0667. The summed E-state index contributed by atoms with van der Waals surface area (Å²) in [5.41, 5.74) is 7.21. The molecule has 1 saturated carbocycles. The van der Waals surface area contributed by atoms with E-state index in [2.05, 4.69) is 4.90 Å². The predicted octanol–water partition coefficient (Wildman–Crippen LogP) is 4.06. The fourth-order valence-electron chi connectivity index (χ4n) is 4.24. The first-order chi connectivity index (χ1) is 11.5. The molecule has 3 nitrogen and oxygen atoms in total. The van der Waals surface area contributed by atoms with Crippen LogP contribution in [0.3, 0.4) is 0 Å². The van der Waals surface area contributed by atoms with Crippen LogP contribution in [0.1, 0.15) is 63.9 Å². The van der Waals surface area contributed by atoms with E-state index < -0.39 is 0 Å². The summed E-state index contributed by atoms with van der Waals surface area (Å²) in [6, 6.07) is 6.16. The molecule has 3 rings (SSSR count). The third-order valence-electron chi connectivity index (χ3n) is 5.57. The van der Waals surface area contributed by atoms with Crippen LogP contribution >= 0.6 is 0 Å². The Bertz CT molecular complexity index is 532. The van der Waals surface area contributed by atoms with Crippen LogP contribution in [0.25, 0.3) is 0 Å². The number of hydrogen-bond donors (Lipinski definition) is 1. The summed E-state index contributed by atoms with van der Waals surface area (Å²) in [6.07, 6.45) is 7.13. The number of halogens is 1. The van der Waals surface area contributed by atoms with Gasteiger partial charge in [-0.1, -0.05) is 6.07 Å². The van der Waals surface area contributed by atoms with Gasteiger partial charge in [0, 0.05) is 18.2 Å². The maximum absolute atomic E-state index is 13.6. The van der Waals surface area contributed by atoms with Gasteiger partial charge >= 0.3 is 0 Å². The molecule has 1 aliphatic carbocycles. The Morgan fingerprint density at radius 2 is 1.75 bits per heavy atom. The molecule has 0 amide bonds. The van der Waals surface area contributed by atoms with E-state index in [1.165, 1.54) is 18.4 Å². The Morgan fingerprint density at radius 1 is 1.08 bits per heavy atom. The summed E-state index contributed by atoms with van der Waals surface area (Å²) in [5.74, 6) is 0.985. The van der Waals surface area contributed by atoms with Gasteiger partial charge in [0.15, 0.2) is 0 Å². The van der Waals surface area contributed by atoms with Crippen molar-refractivity contribution in [2.75, 3.05) is 13.1 Å². The first-order valence-corrected chi connectivity index (χ1v) is 9.48. The molecule has 1 heterocycles. The van der Waals surface area contributed by atoms with Gasteiger partial charge in [-0.15, -0.1) is 0 Å². The van der Waals surface area contributed by atoms with E-state index in [4.69, 9.17) is 10.5 Å². The number of benzene rings is 1. The summed E-state index contributed by atoms with van der Waals surface area (Å²) in [5, 5.41) is 0.